The molecule has 0 unspecified atom stereocenters. The summed E-state index contributed by atoms with van der Waals surface area (Å²) in [6.45, 7) is 6.99. The number of unbranched alkanes of at least 4 members (excludes halogenated alkanes) is 1. The highest BCUT2D eigenvalue weighted by atomic mass is 32.1. The minimum absolute atomic E-state index is 0.155. The van der Waals surface area contributed by atoms with E-state index in [2.05, 4.69) is 6.07 Å². The fourth-order valence-corrected chi connectivity index (χ4v) is 4.11. The van der Waals surface area contributed by atoms with Crippen LogP contribution in [0.1, 0.15) is 39.2 Å². The van der Waals surface area contributed by atoms with Crippen LogP contribution >= 0.6 is 11.3 Å². The molecular formula is C24H29N3O5S. The molecule has 0 bridgehead atoms. The zero-order chi connectivity index (χ0) is 24.2. The highest BCUT2D eigenvalue weighted by Crippen LogP contribution is 2.14. The Hall–Kier alpha value is -3.38. The standard InChI is InChI=1S/C24H29N3O5S/c1-4-26(5-2)21(28)17-27-22(16-23(29)31-6-3)33-20(24(27)30)15-18-10-9-11-19(14-18)32-13-8-7-12-25/h9-11,14-16H,4-8,13,17H2,1-3H3/b20-15+,22-16+. The zero-order valence-corrected chi connectivity index (χ0v) is 20.0. The van der Waals surface area contributed by atoms with Crippen LogP contribution < -0.4 is 19.5 Å². The number of rotatable bonds is 11. The third kappa shape index (κ3) is 7.61. The minimum atomic E-state index is -0.567. The lowest BCUT2D eigenvalue weighted by Crippen LogP contribution is -2.40. The van der Waals surface area contributed by atoms with Crippen LogP contribution in [0, 0.1) is 11.3 Å². The van der Waals surface area contributed by atoms with Crippen molar-refractivity contribution in [2.45, 2.75) is 40.2 Å². The predicted octanol–water partition coefficient (Wildman–Crippen LogP) is 1.63. The first-order valence-electron chi connectivity index (χ1n) is 10.9. The zero-order valence-electron chi connectivity index (χ0n) is 19.2. The smallest absolute Gasteiger partial charge is 0.333 e. The molecule has 0 saturated carbocycles. The molecule has 8 nitrogen and oxygen atoms in total. The second-order valence-corrected chi connectivity index (χ2v) is 8.05. The molecule has 0 aliphatic heterocycles. The van der Waals surface area contributed by atoms with Gasteiger partial charge in [0.25, 0.3) is 5.56 Å². The number of likely N-dealkylation sites (N-methyl/N-ethyl adjacent to an activating group) is 1. The van der Waals surface area contributed by atoms with E-state index < -0.39 is 5.97 Å². The summed E-state index contributed by atoms with van der Waals surface area (Å²) in [6, 6.07) is 9.33. The van der Waals surface area contributed by atoms with E-state index in [0.717, 1.165) is 16.9 Å². The summed E-state index contributed by atoms with van der Waals surface area (Å²) in [5, 5.41) is 8.62. The van der Waals surface area contributed by atoms with E-state index in [4.69, 9.17) is 14.7 Å². The Balaban J connectivity index is 2.46. The molecule has 176 valence electrons. The van der Waals surface area contributed by atoms with Crippen molar-refractivity contribution in [3.05, 3.63) is 49.4 Å². The van der Waals surface area contributed by atoms with E-state index in [9.17, 15) is 14.4 Å². The van der Waals surface area contributed by atoms with Gasteiger partial charge in [0.1, 0.15) is 17.0 Å². The van der Waals surface area contributed by atoms with Crippen molar-refractivity contribution in [1.29, 1.82) is 5.26 Å². The monoisotopic (exact) mass is 471 g/mol. The van der Waals surface area contributed by atoms with Gasteiger partial charge in [0.05, 0.1) is 29.9 Å². The van der Waals surface area contributed by atoms with Gasteiger partial charge in [-0.25, -0.2) is 4.79 Å². The average molecular weight is 472 g/mol. The summed E-state index contributed by atoms with van der Waals surface area (Å²) < 4.78 is 12.7. The number of esters is 1. The molecule has 0 fully saturated rings. The van der Waals surface area contributed by atoms with Gasteiger partial charge >= 0.3 is 5.97 Å². The van der Waals surface area contributed by atoms with E-state index in [0.29, 0.717) is 47.5 Å². The SMILES string of the molecule is CCOC(=O)/C=c1/s/c(=C/c2cccc(OCCCC#N)c2)c(=O)n1CC(=O)N(CC)CC. The van der Waals surface area contributed by atoms with Crippen LogP contribution in [-0.4, -0.2) is 47.6 Å². The lowest BCUT2D eigenvalue weighted by molar-refractivity contribution is -0.135. The van der Waals surface area contributed by atoms with Crippen LogP contribution in [0.2, 0.25) is 0 Å². The van der Waals surface area contributed by atoms with E-state index in [1.807, 2.05) is 26.0 Å². The third-order valence-electron chi connectivity index (χ3n) is 4.73. The number of nitrogens with zero attached hydrogens (tertiary/aromatic N) is 3. The van der Waals surface area contributed by atoms with E-state index in [-0.39, 0.29) is 24.6 Å². The van der Waals surface area contributed by atoms with Crippen LogP contribution in [0.5, 0.6) is 5.75 Å². The van der Waals surface area contributed by atoms with E-state index >= 15 is 0 Å². The summed E-state index contributed by atoms with van der Waals surface area (Å²) >= 11 is 1.13. The number of thiazole rings is 1. The molecule has 9 heteroatoms. The van der Waals surface area contributed by atoms with Crippen molar-refractivity contribution in [2.24, 2.45) is 0 Å². The molecule has 0 aliphatic carbocycles. The minimum Gasteiger partial charge on any atom is -0.494 e. The summed E-state index contributed by atoms with van der Waals surface area (Å²) in [4.78, 5) is 39.5. The Morgan fingerprint density at radius 3 is 2.67 bits per heavy atom. The maximum atomic E-state index is 13.1. The fourth-order valence-electron chi connectivity index (χ4n) is 3.08. The highest BCUT2D eigenvalue weighted by molar-refractivity contribution is 7.07. The highest BCUT2D eigenvalue weighted by Gasteiger charge is 2.15. The molecular weight excluding hydrogens is 442 g/mol. The van der Waals surface area contributed by atoms with Crippen molar-refractivity contribution < 1.29 is 19.1 Å². The normalized spacial score (nSPS) is 11.8. The number of ether oxygens (including phenoxy) is 2. The molecule has 2 aromatic rings. The number of nitriles is 1. The molecule has 0 saturated heterocycles. The van der Waals surface area contributed by atoms with Crippen LogP contribution in [0.3, 0.4) is 0 Å². The Labute approximate surface area is 197 Å². The third-order valence-corrected chi connectivity index (χ3v) is 5.79. The maximum absolute atomic E-state index is 13.1. The van der Waals surface area contributed by atoms with Crippen molar-refractivity contribution >= 4 is 35.4 Å². The Morgan fingerprint density at radius 2 is 2.00 bits per heavy atom. The molecule has 0 atom stereocenters. The largest absolute Gasteiger partial charge is 0.494 e. The second-order valence-electron chi connectivity index (χ2n) is 6.99. The molecule has 1 amide bonds. The van der Waals surface area contributed by atoms with Gasteiger partial charge in [0.2, 0.25) is 5.91 Å². The Bertz CT molecular complexity index is 1170. The van der Waals surface area contributed by atoms with E-state index in [1.165, 1.54) is 10.6 Å². The maximum Gasteiger partial charge on any atom is 0.333 e. The molecule has 1 aromatic carbocycles. The number of hydrogen-bond acceptors (Lipinski definition) is 7. The molecule has 1 aromatic heterocycles. The van der Waals surface area contributed by atoms with Crippen molar-refractivity contribution in [2.75, 3.05) is 26.3 Å². The number of carbonyl (C=O) groups excluding carboxylic acids is 2. The van der Waals surface area contributed by atoms with Crippen LogP contribution in [0.4, 0.5) is 0 Å². The topological polar surface area (TPSA) is 102 Å². The first-order chi connectivity index (χ1) is 15.9. The lowest BCUT2D eigenvalue weighted by atomic mass is 10.2. The molecule has 1 heterocycles. The van der Waals surface area contributed by atoms with Crippen LogP contribution in [0.15, 0.2) is 29.1 Å². The summed E-state index contributed by atoms with van der Waals surface area (Å²) in [5.74, 6) is -0.131. The Kier molecular flexibility index (Phi) is 10.4. The Morgan fingerprint density at radius 1 is 1.24 bits per heavy atom. The number of amides is 1. The van der Waals surface area contributed by atoms with Gasteiger partial charge in [-0.05, 0) is 51.0 Å². The van der Waals surface area contributed by atoms with Crippen molar-refractivity contribution in [1.82, 2.24) is 9.47 Å². The van der Waals surface area contributed by atoms with Crippen molar-refractivity contribution in [3.8, 4) is 11.8 Å². The van der Waals surface area contributed by atoms with Crippen LogP contribution in [-0.2, 0) is 20.9 Å². The van der Waals surface area contributed by atoms with Gasteiger partial charge in [-0.3, -0.25) is 14.2 Å². The second kappa shape index (κ2) is 13.2. The van der Waals surface area contributed by atoms with Gasteiger partial charge in [-0.15, -0.1) is 11.3 Å². The summed E-state index contributed by atoms with van der Waals surface area (Å²) in [7, 11) is 0. The molecule has 33 heavy (non-hydrogen) atoms. The number of benzene rings is 1. The number of carbonyl (C=O) groups is 2. The van der Waals surface area contributed by atoms with Gasteiger partial charge in [-0.1, -0.05) is 12.1 Å². The first-order valence-corrected chi connectivity index (χ1v) is 11.7. The summed E-state index contributed by atoms with van der Waals surface area (Å²) in [6.07, 6.45) is 4.01. The molecule has 0 radical (unpaired) electrons. The molecule has 0 aliphatic rings. The predicted molar refractivity (Wildman–Crippen MR) is 127 cm³/mol. The number of hydrogen-bond donors (Lipinski definition) is 0. The van der Waals surface area contributed by atoms with Crippen LogP contribution in [0.25, 0.3) is 12.2 Å². The van der Waals surface area contributed by atoms with Gasteiger partial charge in [0.15, 0.2) is 0 Å². The fraction of sp³-hybridized carbons (Fsp3) is 0.417. The molecule has 0 spiro atoms. The van der Waals surface area contributed by atoms with Gasteiger partial charge in [-0.2, -0.15) is 5.26 Å². The van der Waals surface area contributed by atoms with Gasteiger partial charge < -0.3 is 14.4 Å². The van der Waals surface area contributed by atoms with E-state index in [1.54, 1.807) is 30.0 Å². The van der Waals surface area contributed by atoms with Crippen molar-refractivity contribution in [3.63, 3.8) is 0 Å². The molecule has 2 rings (SSSR count). The quantitative estimate of drug-likeness (QED) is 0.365. The first kappa shape index (κ1) is 25.9. The molecule has 0 N–H and O–H groups in total. The average Bonchev–Trinajstić information content (AvgIpc) is 3.06. The lowest BCUT2D eigenvalue weighted by Gasteiger charge is -2.18. The summed E-state index contributed by atoms with van der Waals surface area (Å²) in [5.41, 5.74) is 0.396. The number of aromatic nitrogens is 1. The van der Waals surface area contributed by atoms with Gasteiger partial charge in [0, 0.05) is 19.5 Å².